The Morgan fingerprint density at radius 1 is 1.36 bits per heavy atom. The first-order chi connectivity index (χ1) is 10.5. The maximum Gasteiger partial charge on any atom is 0.283 e. The highest BCUT2D eigenvalue weighted by molar-refractivity contribution is 6.07. The molecule has 0 radical (unpaired) electrons. The lowest BCUT2D eigenvalue weighted by Gasteiger charge is -2.11. The van der Waals surface area contributed by atoms with Crippen molar-refractivity contribution in [1.82, 2.24) is 20.0 Å². The second-order valence-electron chi connectivity index (χ2n) is 4.10. The van der Waals surface area contributed by atoms with Crippen LogP contribution in [0.25, 0.3) is 0 Å². The number of rotatable bonds is 5. The van der Waals surface area contributed by atoms with E-state index < -0.39 is 18.0 Å². The van der Waals surface area contributed by atoms with E-state index in [0.29, 0.717) is 0 Å². The minimum atomic E-state index is -2.84. The van der Waals surface area contributed by atoms with Gasteiger partial charge in [0.15, 0.2) is 5.82 Å². The standard InChI is InChI=1S/C12H13F2N5O3/c1-19-8(9(13)14)10(17-18-19)16-11(20)7-6(21-2)4-5-15-12(7)22-3/h4-5,9H,1-3H3,(H,16,20). The monoisotopic (exact) mass is 313 g/mol. The molecule has 0 saturated carbocycles. The Labute approximate surface area is 124 Å². The van der Waals surface area contributed by atoms with Gasteiger partial charge in [0.25, 0.3) is 12.3 Å². The summed E-state index contributed by atoms with van der Waals surface area (Å²) < 4.78 is 36.8. The molecule has 2 rings (SSSR count). The zero-order valence-electron chi connectivity index (χ0n) is 12.0. The first-order valence-electron chi connectivity index (χ1n) is 6.05. The molecule has 2 heterocycles. The van der Waals surface area contributed by atoms with Gasteiger partial charge in [-0.15, -0.1) is 5.10 Å². The number of carbonyl (C=O) groups excluding carboxylic acids is 1. The number of halogens is 2. The second kappa shape index (κ2) is 6.33. The highest BCUT2D eigenvalue weighted by Gasteiger charge is 2.25. The molecule has 8 nitrogen and oxygen atoms in total. The van der Waals surface area contributed by atoms with Gasteiger partial charge in [0.1, 0.15) is 17.0 Å². The van der Waals surface area contributed by atoms with Crippen molar-refractivity contribution in [2.24, 2.45) is 7.05 Å². The highest BCUT2D eigenvalue weighted by atomic mass is 19.3. The highest BCUT2D eigenvalue weighted by Crippen LogP contribution is 2.29. The molecule has 118 valence electrons. The fraction of sp³-hybridized carbons (Fsp3) is 0.333. The second-order valence-corrected chi connectivity index (χ2v) is 4.10. The summed E-state index contributed by atoms with van der Waals surface area (Å²) in [5.74, 6) is -0.897. The summed E-state index contributed by atoms with van der Waals surface area (Å²) in [6.07, 6.45) is -1.45. The summed E-state index contributed by atoms with van der Waals surface area (Å²) in [5.41, 5.74) is -0.534. The smallest absolute Gasteiger partial charge is 0.283 e. The third-order valence-electron chi connectivity index (χ3n) is 2.83. The molecule has 1 amide bonds. The van der Waals surface area contributed by atoms with Crippen LogP contribution in [0.15, 0.2) is 12.3 Å². The van der Waals surface area contributed by atoms with Gasteiger partial charge in [-0.1, -0.05) is 5.21 Å². The maximum atomic E-state index is 13.0. The summed E-state index contributed by atoms with van der Waals surface area (Å²) in [7, 11) is 3.99. The van der Waals surface area contributed by atoms with Crippen LogP contribution in [0.4, 0.5) is 14.6 Å². The molecule has 1 N–H and O–H groups in total. The molecule has 0 aliphatic rings. The van der Waals surface area contributed by atoms with Crippen LogP contribution in [0.3, 0.4) is 0 Å². The van der Waals surface area contributed by atoms with Crippen LogP contribution in [0.5, 0.6) is 11.6 Å². The number of anilines is 1. The van der Waals surface area contributed by atoms with E-state index in [0.717, 1.165) is 4.68 Å². The van der Waals surface area contributed by atoms with Crippen molar-refractivity contribution in [2.45, 2.75) is 6.43 Å². The Bertz CT molecular complexity index is 667. The van der Waals surface area contributed by atoms with Crippen LogP contribution >= 0.6 is 0 Å². The zero-order valence-corrected chi connectivity index (χ0v) is 12.0. The number of carbonyl (C=O) groups is 1. The summed E-state index contributed by atoms with van der Waals surface area (Å²) in [6.45, 7) is 0. The van der Waals surface area contributed by atoms with Gasteiger partial charge in [0.2, 0.25) is 5.88 Å². The van der Waals surface area contributed by atoms with Gasteiger partial charge in [0.05, 0.1) is 14.2 Å². The Morgan fingerprint density at radius 2 is 2.09 bits per heavy atom. The summed E-state index contributed by atoms with van der Waals surface area (Å²) >= 11 is 0. The van der Waals surface area contributed by atoms with E-state index in [4.69, 9.17) is 9.47 Å². The van der Waals surface area contributed by atoms with Gasteiger partial charge in [-0.05, 0) is 6.07 Å². The molecule has 0 aliphatic heterocycles. The van der Waals surface area contributed by atoms with Crippen molar-refractivity contribution in [1.29, 1.82) is 0 Å². The van der Waals surface area contributed by atoms with Crippen LogP contribution in [0, 0.1) is 0 Å². The Kier molecular flexibility index (Phi) is 4.49. The number of amides is 1. The first-order valence-corrected chi connectivity index (χ1v) is 6.05. The van der Waals surface area contributed by atoms with Crippen LogP contribution in [-0.2, 0) is 7.05 Å². The number of pyridine rings is 1. The summed E-state index contributed by atoms with van der Waals surface area (Å²) in [6, 6.07) is 1.45. The average molecular weight is 313 g/mol. The number of alkyl halides is 2. The Balaban J connectivity index is 2.38. The van der Waals surface area contributed by atoms with E-state index in [9.17, 15) is 13.6 Å². The van der Waals surface area contributed by atoms with Crippen molar-refractivity contribution in [3.05, 3.63) is 23.5 Å². The van der Waals surface area contributed by atoms with Crippen molar-refractivity contribution < 1.29 is 23.0 Å². The van der Waals surface area contributed by atoms with Crippen molar-refractivity contribution >= 4 is 11.7 Å². The molecule has 22 heavy (non-hydrogen) atoms. The van der Waals surface area contributed by atoms with Crippen molar-refractivity contribution in [3.8, 4) is 11.6 Å². The van der Waals surface area contributed by atoms with Crippen molar-refractivity contribution in [2.75, 3.05) is 19.5 Å². The maximum absolute atomic E-state index is 13.0. The molecule has 0 atom stereocenters. The first kappa shape index (κ1) is 15.6. The zero-order chi connectivity index (χ0) is 16.3. The third kappa shape index (κ3) is 2.80. The predicted octanol–water partition coefficient (Wildman–Crippen LogP) is 1.42. The van der Waals surface area contributed by atoms with Crippen LogP contribution in [-0.4, -0.2) is 40.1 Å². The lowest BCUT2D eigenvalue weighted by Crippen LogP contribution is -2.17. The largest absolute Gasteiger partial charge is 0.496 e. The van der Waals surface area contributed by atoms with Gasteiger partial charge < -0.3 is 14.8 Å². The van der Waals surface area contributed by atoms with Gasteiger partial charge in [-0.2, -0.15) is 0 Å². The number of methoxy groups -OCH3 is 2. The number of hydrogen-bond donors (Lipinski definition) is 1. The lowest BCUT2D eigenvalue weighted by atomic mass is 10.2. The molecule has 2 aromatic rings. The molecule has 0 spiro atoms. The van der Waals surface area contributed by atoms with Crippen LogP contribution in [0.1, 0.15) is 22.5 Å². The van der Waals surface area contributed by atoms with E-state index in [1.165, 1.54) is 33.5 Å². The van der Waals surface area contributed by atoms with E-state index in [1.807, 2.05) is 0 Å². The van der Waals surface area contributed by atoms with E-state index >= 15 is 0 Å². The topological polar surface area (TPSA) is 91.2 Å². The molecule has 0 fully saturated rings. The predicted molar refractivity (Wildman–Crippen MR) is 71.3 cm³/mol. The molecule has 2 aromatic heterocycles. The van der Waals surface area contributed by atoms with Gasteiger partial charge in [-0.3, -0.25) is 4.79 Å². The molecule has 10 heteroatoms. The molecule has 0 unspecified atom stereocenters. The number of nitrogens with zero attached hydrogens (tertiary/aromatic N) is 4. The normalized spacial score (nSPS) is 10.6. The molecule has 0 aliphatic carbocycles. The minimum absolute atomic E-state index is 0.000614. The Morgan fingerprint density at radius 3 is 2.68 bits per heavy atom. The number of aromatic nitrogens is 4. The summed E-state index contributed by atoms with van der Waals surface area (Å²) in [4.78, 5) is 16.2. The molecular formula is C12H13F2N5O3. The third-order valence-corrected chi connectivity index (χ3v) is 2.83. The fourth-order valence-electron chi connectivity index (χ4n) is 1.83. The van der Waals surface area contributed by atoms with Crippen molar-refractivity contribution in [3.63, 3.8) is 0 Å². The van der Waals surface area contributed by atoms with Crippen LogP contribution in [0.2, 0.25) is 0 Å². The summed E-state index contributed by atoms with van der Waals surface area (Å²) in [5, 5.41) is 9.24. The average Bonchev–Trinajstić information content (AvgIpc) is 2.86. The van der Waals surface area contributed by atoms with Gasteiger partial charge in [0, 0.05) is 13.2 Å². The van der Waals surface area contributed by atoms with E-state index in [2.05, 4.69) is 20.6 Å². The van der Waals surface area contributed by atoms with Gasteiger partial charge >= 0.3 is 0 Å². The number of aryl methyl sites for hydroxylation is 1. The van der Waals surface area contributed by atoms with E-state index in [1.54, 1.807) is 0 Å². The Hall–Kier alpha value is -2.78. The number of ether oxygens (including phenoxy) is 2. The fourth-order valence-corrected chi connectivity index (χ4v) is 1.83. The van der Waals surface area contributed by atoms with Gasteiger partial charge in [-0.25, -0.2) is 18.4 Å². The number of hydrogen-bond acceptors (Lipinski definition) is 6. The lowest BCUT2D eigenvalue weighted by molar-refractivity contribution is 0.101. The molecule has 0 aromatic carbocycles. The molecular weight excluding hydrogens is 300 g/mol. The van der Waals surface area contributed by atoms with E-state index in [-0.39, 0.29) is 23.0 Å². The van der Waals surface area contributed by atoms with Crippen LogP contribution < -0.4 is 14.8 Å². The molecule has 0 saturated heterocycles. The SMILES string of the molecule is COc1ccnc(OC)c1C(=O)Nc1nnn(C)c1C(F)F. The number of nitrogens with one attached hydrogen (secondary N) is 1. The molecule has 0 bridgehead atoms. The quantitative estimate of drug-likeness (QED) is 0.897. The minimum Gasteiger partial charge on any atom is -0.496 e.